The van der Waals surface area contributed by atoms with Crippen LogP contribution in [-0.4, -0.2) is 48.4 Å². The van der Waals surface area contributed by atoms with Crippen LogP contribution in [0.2, 0.25) is 0 Å². The van der Waals surface area contributed by atoms with Gasteiger partial charge in [-0.15, -0.1) is 0 Å². The van der Waals surface area contributed by atoms with Crippen molar-refractivity contribution in [1.82, 2.24) is 10.2 Å². The average molecular weight is 268 g/mol. The van der Waals surface area contributed by atoms with E-state index >= 15 is 0 Å². The van der Waals surface area contributed by atoms with Crippen LogP contribution in [0.4, 0.5) is 18.0 Å². The third-order valence-electron chi connectivity index (χ3n) is 2.39. The first kappa shape index (κ1) is 15.1. The van der Waals surface area contributed by atoms with Gasteiger partial charge in [0.05, 0.1) is 6.42 Å². The summed E-state index contributed by atoms with van der Waals surface area (Å²) in [6.07, 6.45) is -5.72. The van der Waals surface area contributed by atoms with E-state index in [-0.39, 0.29) is 6.54 Å². The normalized spacial score (nSPS) is 21.9. The van der Waals surface area contributed by atoms with Crippen molar-refractivity contribution in [2.45, 2.75) is 45.0 Å². The van der Waals surface area contributed by atoms with Crippen molar-refractivity contribution in [2.24, 2.45) is 0 Å². The van der Waals surface area contributed by atoms with E-state index in [1.54, 1.807) is 20.8 Å². The molecule has 18 heavy (non-hydrogen) atoms. The summed E-state index contributed by atoms with van der Waals surface area (Å²) in [6.45, 7) is 5.90. The fraction of sp³-hybridized carbons (Fsp3) is 0.909. The number of hydrogen-bond donors (Lipinski definition) is 1. The Morgan fingerprint density at radius 1 is 1.39 bits per heavy atom. The summed E-state index contributed by atoms with van der Waals surface area (Å²) in [4.78, 5) is 13.0. The Morgan fingerprint density at radius 2 is 2.00 bits per heavy atom. The fourth-order valence-corrected chi connectivity index (χ4v) is 1.73. The lowest BCUT2D eigenvalue weighted by atomic mass is 10.1. The lowest BCUT2D eigenvalue weighted by Gasteiger charge is -2.35. The van der Waals surface area contributed by atoms with Crippen LogP contribution in [0.15, 0.2) is 0 Å². The van der Waals surface area contributed by atoms with Crippen molar-refractivity contribution in [3.63, 3.8) is 0 Å². The van der Waals surface area contributed by atoms with E-state index in [4.69, 9.17) is 4.74 Å². The molecule has 0 aromatic carbocycles. The summed E-state index contributed by atoms with van der Waals surface area (Å²) in [6, 6.07) is -0.758. The Kier molecular flexibility index (Phi) is 4.47. The topological polar surface area (TPSA) is 41.6 Å². The number of rotatable bonds is 1. The first-order valence-corrected chi connectivity index (χ1v) is 5.85. The SMILES string of the molecule is CC(C)(C)OC(=O)N1CCN[C@H](CC(F)(F)F)C1. The lowest BCUT2D eigenvalue weighted by Crippen LogP contribution is -2.54. The molecular formula is C11H19F3N2O2. The van der Waals surface area contributed by atoms with Crippen molar-refractivity contribution in [2.75, 3.05) is 19.6 Å². The van der Waals surface area contributed by atoms with Gasteiger partial charge in [-0.3, -0.25) is 0 Å². The molecule has 1 N–H and O–H groups in total. The maximum Gasteiger partial charge on any atom is 0.410 e. The summed E-state index contributed by atoms with van der Waals surface area (Å²) in [5.74, 6) is 0. The van der Waals surface area contributed by atoms with Gasteiger partial charge in [-0.2, -0.15) is 13.2 Å². The summed E-state index contributed by atoms with van der Waals surface area (Å²) in [5.41, 5.74) is -0.637. The highest BCUT2D eigenvalue weighted by Crippen LogP contribution is 2.23. The van der Waals surface area contributed by atoms with Gasteiger partial charge in [-0.1, -0.05) is 0 Å². The summed E-state index contributed by atoms with van der Waals surface area (Å²) in [7, 11) is 0. The second-order valence-electron chi connectivity index (χ2n) is 5.40. The van der Waals surface area contributed by atoms with Gasteiger partial charge in [0.1, 0.15) is 5.60 Å². The molecular weight excluding hydrogens is 249 g/mol. The Balaban J connectivity index is 2.51. The number of alkyl halides is 3. The zero-order valence-corrected chi connectivity index (χ0v) is 10.8. The van der Waals surface area contributed by atoms with E-state index in [9.17, 15) is 18.0 Å². The molecule has 0 unspecified atom stereocenters. The minimum atomic E-state index is -4.23. The van der Waals surface area contributed by atoms with Crippen molar-refractivity contribution in [1.29, 1.82) is 0 Å². The zero-order valence-electron chi connectivity index (χ0n) is 10.8. The zero-order chi connectivity index (χ0) is 14.0. The van der Waals surface area contributed by atoms with Crippen molar-refractivity contribution in [3.8, 4) is 0 Å². The number of nitrogens with zero attached hydrogens (tertiary/aromatic N) is 1. The maximum atomic E-state index is 12.3. The molecule has 0 bridgehead atoms. The van der Waals surface area contributed by atoms with Gasteiger partial charge in [0.2, 0.25) is 0 Å². The van der Waals surface area contributed by atoms with Crippen LogP contribution in [0.3, 0.4) is 0 Å². The van der Waals surface area contributed by atoms with Gasteiger partial charge in [-0.05, 0) is 20.8 Å². The first-order valence-electron chi connectivity index (χ1n) is 5.85. The van der Waals surface area contributed by atoms with Gasteiger partial charge < -0.3 is 15.0 Å². The lowest BCUT2D eigenvalue weighted by molar-refractivity contribution is -0.142. The highest BCUT2D eigenvalue weighted by Gasteiger charge is 2.35. The molecule has 1 atom stereocenters. The molecule has 0 aromatic rings. The molecule has 0 spiro atoms. The smallest absolute Gasteiger partial charge is 0.410 e. The van der Waals surface area contributed by atoms with Crippen LogP contribution in [0.1, 0.15) is 27.2 Å². The number of piperazine rings is 1. The Bertz CT molecular complexity index is 300. The van der Waals surface area contributed by atoms with Crippen LogP contribution in [0.5, 0.6) is 0 Å². The van der Waals surface area contributed by atoms with Crippen LogP contribution >= 0.6 is 0 Å². The molecule has 1 fully saturated rings. The molecule has 1 aliphatic rings. The number of carbonyl (C=O) groups excluding carboxylic acids is 1. The van der Waals surface area contributed by atoms with E-state index in [2.05, 4.69) is 5.32 Å². The number of nitrogens with one attached hydrogen (secondary N) is 1. The quantitative estimate of drug-likeness (QED) is 0.792. The van der Waals surface area contributed by atoms with Crippen LogP contribution < -0.4 is 5.32 Å². The summed E-state index contributed by atoms with van der Waals surface area (Å²) < 4.78 is 41.9. The predicted octanol–water partition coefficient (Wildman–Crippen LogP) is 2.15. The van der Waals surface area contributed by atoms with Gasteiger partial charge >= 0.3 is 12.3 Å². The third kappa shape index (κ3) is 5.57. The molecule has 106 valence electrons. The van der Waals surface area contributed by atoms with Crippen molar-refractivity contribution < 1.29 is 22.7 Å². The highest BCUT2D eigenvalue weighted by atomic mass is 19.4. The first-order chi connectivity index (χ1) is 8.07. The summed E-state index contributed by atoms with van der Waals surface area (Å²) in [5, 5.41) is 2.75. The van der Waals surface area contributed by atoms with Crippen LogP contribution in [0.25, 0.3) is 0 Å². The van der Waals surface area contributed by atoms with E-state index in [1.165, 1.54) is 4.90 Å². The van der Waals surface area contributed by atoms with E-state index in [0.717, 1.165) is 0 Å². The molecule has 0 saturated carbocycles. The Labute approximate surface area is 104 Å². The van der Waals surface area contributed by atoms with E-state index in [0.29, 0.717) is 13.1 Å². The second kappa shape index (κ2) is 5.34. The van der Waals surface area contributed by atoms with Crippen LogP contribution in [0, 0.1) is 0 Å². The van der Waals surface area contributed by atoms with Gasteiger partial charge in [0, 0.05) is 25.7 Å². The molecule has 4 nitrogen and oxygen atoms in total. The largest absolute Gasteiger partial charge is 0.444 e. The minimum Gasteiger partial charge on any atom is -0.444 e. The standard InChI is InChI=1S/C11H19F3N2O2/c1-10(2,3)18-9(17)16-5-4-15-8(7-16)6-11(12,13)14/h8,15H,4-7H2,1-3H3/t8-/m1/s1. The van der Waals surface area contributed by atoms with Crippen molar-refractivity contribution in [3.05, 3.63) is 0 Å². The summed E-state index contributed by atoms with van der Waals surface area (Å²) >= 11 is 0. The number of ether oxygens (including phenoxy) is 1. The van der Waals surface area contributed by atoms with Crippen LogP contribution in [-0.2, 0) is 4.74 Å². The number of amides is 1. The van der Waals surface area contributed by atoms with E-state index in [1.807, 2.05) is 0 Å². The van der Waals surface area contributed by atoms with Gasteiger partial charge in [0.15, 0.2) is 0 Å². The van der Waals surface area contributed by atoms with Gasteiger partial charge in [0.25, 0.3) is 0 Å². The molecule has 1 amide bonds. The Morgan fingerprint density at radius 3 is 2.50 bits per heavy atom. The third-order valence-corrected chi connectivity index (χ3v) is 2.39. The second-order valence-corrected chi connectivity index (χ2v) is 5.40. The molecule has 0 radical (unpaired) electrons. The average Bonchev–Trinajstić information content (AvgIpc) is 2.12. The molecule has 0 aromatic heterocycles. The Hall–Kier alpha value is -0.980. The number of carbonyl (C=O) groups is 1. The van der Waals surface area contributed by atoms with Crippen molar-refractivity contribution >= 4 is 6.09 Å². The monoisotopic (exact) mass is 268 g/mol. The van der Waals surface area contributed by atoms with Gasteiger partial charge in [-0.25, -0.2) is 4.79 Å². The maximum absolute atomic E-state index is 12.3. The molecule has 0 aliphatic carbocycles. The molecule has 1 heterocycles. The minimum absolute atomic E-state index is 0.0222. The molecule has 7 heteroatoms. The highest BCUT2D eigenvalue weighted by molar-refractivity contribution is 5.68. The predicted molar refractivity (Wildman–Crippen MR) is 60.3 cm³/mol. The fourth-order valence-electron chi connectivity index (χ4n) is 1.73. The molecule has 1 rings (SSSR count). The number of halogens is 3. The number of hydrogen-bond acceptors (Lipinski definition) is 3. The van der Waals surface area contributed by atoms with E-state index < -0.39 is 30.3 Å². The molecule has 1 aliphatic heterocycles. The molecule has 1 saturated heterocycles.